The van der Waals surface area contributed by atoms with Crippen LogP contribution in [0.3, 0.4) is 0 Å². The van der Waals surface area contributed by atoms with Gasteiger partial charge in [-0.3, -0.25) is 0 Å². The Kier molecular flexibility index (Phi) is 4.65. The van der Waals surface area contributed by atoms with Crippen molar-refractivity contribution in [1.29, 1.82) is 0 Å². The molecule has 1 aliphatic carbocycles. The lowest BCUT2D eigenvalue weighted by molar-refractivity contribution is 0.302. The first-order valence-electron chi connectivity index (χ1n) is 7.33. The minimum Gasteiger partial charge on any atom is -0.0651 e. The van der Waals surface area contributed by atoms with Crippen LogP contribution in [0.5, 0.6) is 0 Å². The van der Waals surface area contributed by atoms with Gasteiger partial charge >= 0.3 is 0 Å². The van der Waals surface area contributed by atoms with Crippen molar-refractivity contribution in [3.05, 3.63) is 35.9 Å². The first-order valence-corrected chi connectivity index (χ1v) is 7.33. The van der Waals surface area contributed by atoms with Crippen molar-refractivity contribution < 1.29 is 0 Å². The molecule has 94 valence electrons. The molecule has 1 aliphatic rings. The van der Waals surface area contributed by atoms with E-state index in [0.29, 0.717) is 0 Å². The standard InChI is InChI=1S/C17H26/c1-3-16(17-11-9-14(2)13-17)12-10-15-7-5-4-6-8-15/h4-8,14,16-17H,3,9-13H2,1-2H3. The molecule has 0 aromatic heterocycles. The van der Waals surface area contributed by atoms with Crippen LogP contribution in [0.15, 0.2) is 30.3 Å². The van der Waals surface area contributed by atoms with Gasteiger partial charge in [0, 0.05) is 0 Å². The number of rotatable bonds is 5. The van der Waals surface area contributed by atoms with E-state index in [1.807, 2.05) is 0 Å². The minimum absolute atomic E-state index is 0.958. The molecule has 0 aliphatic heterocycles. The summed E-state index contributed by atoms with van der Waals surface area (Å²) < 4.78 is 0. The second-order valence-corrected chi connectivity index (χ2v) is 5.87. The molecule has 0 N–H and O–H groups in total. The van der Waals surface area contributed by atoms with Crippen LogP contribution in [0.25, 0.3) is 0 Å². The second kappa shape index (κ2) is 6.23. The quantitative estimate of drug-likeness (QED) is 0.661. The lowest BCUT2D eigenvalue weighted by atomic mass is 9.84. The van der Waals surface area contributed by atoms with Crippen LogP contribution in [0.2, 0.25) is 0 Å². The monoisotopic (exact) mass is 230 g/mol. The third-order valence-electron chi connectivity index (χ3n) is 4.57. The smallest absolute Gasteiger partial charge is 0.0276 e. The van der Waals surface area contributed by atoms with Crippen molar-refractivity contribution >= 4 is 0 Å². The highest BCUT2D eigenvalue weighted by atomic mass is 14.3. The predicted molar refractivity (Wildman–Crippen MR) is 75.0 cm³/mol. The summed E-state index contributed by atoms with van der Waals surface area (Å²) in [6.07, 6.45) is 8.45. The van der Waals surface area contributed by atoms with E-state index in [-0.39, 0.29) is 0 Å². The molecule has 3 atom stereocenters. The summed E-state index contributed by atoms with van der Waals surface area (Å²) in [5.41, 5.74) is 1.51. The molecule has 0 amide bonds. The summed E-state index contributed by atoms with van der Waals surface area (Å²) in [4.78, 5) is 0. The van der Waals surface area contributed by atoms with E-state index in [2.05, 4.69) is 44.2 Å². The van der Waals surface area contributed by atoms with Crippen molar-refractivity contribution in [3.63, 3.8) is 0 Å². The van der Waals surface area contributed by atoms with E-state index in [1.54, 1.807) is 0 Å². The third kappa shape index (κ3) is 3.59. The molecule has 0 heteroatoms. The van der Waals surface area contributed by atoms with Crippen molar-refractivity contribution in [2.45, 2.75) is 52.4 Å². The number of benzene rings is 1. The Hall–Kier alpha value is -0.780. The maximum Gasteiger partial charge on any atom is -0.0276 e. The first kappa shape index (κ1) is 12.7. The van der Waals surface area contributed by atoms with Gasteiger partial charge in [0.25, 0.3) is 0 Å². The van der Waals surface area contributed by atoms with Crippen LogP contribution in [-0.4, -0.2) is 0 Å². The van der Waals surface area contributed by atoms with Gasteiger partial charge in [-0.05, 0) is 49.0 Å². The third-order valence-corrected chi connectivity index (χ3v) is 4.57. The maximum atomic E-state index is 2.42. The lowest BCUT2D eigenvalue weighted by Gasteiger charge is -2.22. The predicted octanol–water partition coefficient (Wildman–Crippen LogP) is 5.08. The zero-order chi connectivity index (χ0) is 12.1. The Labute approximate surface area is 106 Å². The normalized spacial score (nSPS) is 26.0. The molecule has 0 nitrogen and oxygen atoms in total. The van der Waals surface area contributed by atoms with Crippen LogP contribution < -0.4 is 0 Å². The van der Waals surface area contributed by atoms with Gasteiger partial charge in [-0.25, -0.2) is 0 Å². The van der Waals surface area contributed by atoms with Gasteiger partial charge < -0.3 is 0 Å². The molecule has 1 fully saturated rings. The fraction of sp³-hybridized carbons (Fsp3) is 0.647. The second-order valence-electron chi connectivity index (χ2n) is 5.87. The molecule has 3 unspecified atom stereocenters. The summed E-state index contributed by atoms with van der Waals surface area (Å²) in [5.74, 6) is 2.95. The van der Waals surface area contributed by atoms with Crippen molar-refractivity contribution in [2.75, 3.05) is 0 Å². The fourth-order valence-corrected chi connectivity index (χ4v) is 3.45. The molecule has 2 rings (SSSR count). The van der Waals surface area contributed by atoms with Gasteiger partial charge in [-0.1, -0.05) is 57.0 Å². The highest BCUT2D eigenvalue weighted by molar-refractivity contribution is 5.14. The van der Waals surface area contributed by atoms with Crippen LogP contribution in [0.4, 0.5) is 0 Å². The van der Waals surface area contributed by atoms with Gasteiger partial charge in [-0.15, -0.1) is 0 Å². The van der Waals surface area contributed by atoms with Crippen molar-refractivity contribution in [2.24, 2.45) is 17.8 Å². The Morgan fingerprint density at radius 3 is 2.53 bits per heavy atom. The molecule has 0 radical (unpaired) electrons. The number of hydrogen-bond acceptors (Lipinski definition) is 0. The Morgan fingerprint density at radius 2 is 1.94 bits per heavy atom. The van der Waals surface area contributed by atoms with E-state index in [9.17, 15) is 0 Å². The average Bonchev–Trinajstić information content (AvgIpc) is 2.78. The van der Waals surface area contributed by atoms with Gasteiger partial charge in [0.2, 0.25) is 0 Å². The molecular formula is C17H26. The molecule has 0 spiro atoms. The fourth-order valence-electron chi connectivity index (χ4n) is 3.45. The highest BCUT2D eigenvalue weighted by Gasteiger charge is 2.27. The van der Waals surface area contributed by atoms with E-state index in [0.717, 1.165) is 17.8 Å². The molecule has 1 aromatic rings. The zero-order valence-corrected chi connectivity index (χ0v) is 11.4. The minimum atomic E-state index is 0.958. The summed E-state index contributed by atoms with van der Waals surface area (Å²) in [6.45, 7) is 4.79. The van der Waals surface area contributed by atoms with E-state index < -0.39 is 0 Å². The number of aryl methyl sites for hydroxylation is 1. The Bertz CT molecular complexity index is 314. The van der Waals surface area contributed by atoms with E-state index in [4.69, 9.17) is 0 Å². The largest absolute Gasteiger partial charge is 0.0651 e. The van der Waals surface area contributed by atoms with E-state index in [1.165, 1.54) is 44.1 Å². The summed E-state index contributed by atoms with van der Waals surface area (Å²) >= 11 is 0. The van der Waals surface area contributed by atoms with Crippen molar-refractivity contribution in [3.8, 4) is 0 Å². The van der Waals surface area contributed by atoms with Crippen LogP contribution >= 0.6 is 0 Å². The van der Waals surface area contributed by atoms with Crippen molar-refractivity contribution in [1.82, 2.24) is 0 Å². The van der Waals surface area contributed by atoms with Crippen LogP contribution in [0, 0.1) is 17.8 Å². The van der Waals surface area contributed by atoms with E-state index >= 15 is 0 Å². The summed E-state index contributed by atoms with van der Waals surface area (Å²) in [5, 5.41) is 0. The van der Waals surface area contributed by atoms with Crippen LogP contribution in [0.1, 0.15) is 51.5 Å². The Balaban J connectivity index is 1.84. The highest BCUT2D eigenvalue weighted by Crippen LogP contribution is 2.38. The summed E-state index contributed by atoms with van der Waals surface area (Å²) in [6, 6.07) is 11.0. The van der Waals surface area contributed by atoms with Gasteiger partial charge in [0.05, 0.1) is 0 Å². The molecule has 1 saturated carbocycles. The molecule has 17 heavy (non-hydrogen) atoms. The molecular weight excluding hydrogens is 204 g/mol. The van der Waals surface area contributed by atoms with Gasteiger partial charge in [0.15, 0.2) is 0 Å². The zero-order valence-electron chi connectivity index (χ0n) is 11.4. The average molecular weight is 230 g/mol. The molecule has 0 saturated heterocycles. The van der Waals surface area contributed by atoms with Crippen LogP contribution in [-0.2, 0) is 6.42 Å². The molecule has 0 bridgehead atoms. The van der Waals surface area contributed by atoms with Gasteiger partial charge in [-0.2, -0.15) is 0 Å². The molecule has 0 heterocycles. The molecule has 1 aromatic carbocycles. The SMILES string of the molecule is CCC(CCc1ccccc1)C1CCC(C)C1. The van der Waals surface area contributed by atoms with Gasteiger partial charge in [0.1, 0.15) is 0 Å². The Morgan fingerprint density at radius 1 is 1.18 bits per heavy atom. The maximum absolute atomic E-state index is 2.42. The topological polar surface area (TPSA) is 0 Å². The first-order chi connectivity index (χ1) is 8.29. The number of hydrogen-bond donors (Lipinski definition) is 0. The summed E-state index contributed by atoms with van der Waals surface area (Å²) in [7, 11) is 0. The lowest BCUT2D eigenvalue weighted by Crippen LogP contribution is -2.12.